The van der Waals surface area contributed by atoms with Crippen molar-refractivity contribution < 1.29 is 23.1 Å². The quantitative estimate of drug-likeness (QED) is 0.811. The molecule has 0 unspecified atom stereocenters. The molecule has 110 valence electrons. The molecule has 0 saturated heterocycles. The summed E-state index contributed by atoms with van der Waals surface area (Å²) in [5.41, 5.74) is -0.737. The third-order valence-electron chi connectivity index (χ3n) is 2.68. The minimum Gasteiger partial charge on any atom is -0.506 e. The van der Waals surface area contributed by atoms with Gasteiger partial charge < -0.3 is 10.4 Å². The summed E-state index contributed by atoms with van der Waals surface area (Å²) >= 11 is 5.73. The summed E-state index contributed by atoms with van der Waals surface area (Å²) in [6.07, 6.45) is -4.46. The Labute approximate surface area is 123 Å². The number of amides is 1. The number of halogens is 4. The number of carbonyl (C=O) groups excluding carboxylic acids is 1. The molecule has 0 aliphatic rings. The fraction of sp³-hybridized carbons (Fsp3) is 0.0714. The molecule has 0 atom stereocenters. The van der Waals surface area contributed by atoms with Gasteiger partial charge in [0.2, 0.25) is 0 Å². The molecule has 0 bridgehead atoms. The number of nitrogens with one attached hydrogen (secondary N) is 1. The highest BCUT2D eigenvalue weighted by molar-refractivity contribution is 6.31. The van der Waals surface area contributed by atoms with Crippen LogP contribution in [0.5, 0.6) is 5.75 Å². The van der Waals surface area contributed by atoms with E-state index in [1.807, 2.05) is 0 Å². The van der Waals surface area contributed by atoms with Crippen LogP contribution in [0.15, 0.2) is 42.5 Å². The number of alkyl halides is 3. The van der Waals surface area contributed by atoms with Crippen molar-refractivity contribution in [1.82, 2.24) is 0 Å². The largest absolute Gasteiger partial charge is 0.506 e. The smallest absolute Gasteiger partial charge is 0.416 e. The Kier molecular flexibility index (Phi) is 4.09. The zero-order valence-electron chi connectivity index (χ0n) is 10.4. The van der Waals surface area contributed by atoms with Crippen LogP contribution in [0.1, 0.15) is 15.9 Å². The number of phenolic OH excluding ortho intramolecular Hbond substituents is 1. The van der Waals surface area contributed by atoms with Gasteiger partial charge in [0.15, 0.2) is 0 Å². The molecule has 21 heavy (non-hydrogen) atoms. The third kappa shape index (κ3) is 3.66. The van der Waals surface area contributed by atoms with E-state index < -0.39 is 17.6 Å². The molecule has 0 spiro atoms. The first-order valence-corrected chi connectivity index (χ1v) is 6.12. The minimum atomic E-state index is -4.46. The molecule has 0 radical (unpaired) electrons. The maximum Gasteiger partial charge on any atom is 0.416 e. The van der Waals surface area contributed by atoms with Crippen LogP contribution in [-0.4, -0.2) is 11.0 Å². The van der Waals surface area contributed by atoms with Gasteiger partial charge in [-0.05, 0) is 42.5 Å². The maximum atomic E-state index is 12.4. The molecular formula is C14H9ClF3NO2. The van der Waals surface area contributed by atoms with Crippen LogP contribution in [0.2, 0.25) is 5.02 Å². The predicted octanol–water partition coefficient (Wildman–Crippen LogP) is 4.32. The van der Waals surface area contributed by atoms with Crippen LogP contribution in [0.4, 0.5) is 18.9 Å². The summed E-state index contributed by atoms with van der Waals surface area (Å²) in [6.45, 7) is 0. The van der Waals surface area contributed by atoms with Crippen molar-refractivity contribution in [3.05, 3.63) is 58.6 Å². The topological polar surface area (TPSA) is 49.3 Å². The third-order valence-corrected chi connectivity index (χ3v) is 2.92. The zero-order valence-corrected chi connectivity index (χ0v) is 11.2. The summed E-state index contributed by atoms with van der Waals surface area (Å²) in [5.74, 6) is -0.846. The van der Waals surface area contributed by atoms with E-state index in [4.69, 9.17) is 11.6 Å². The van der Waals surface area contributed by atoms with Crippen molar-refractivity contribution >= 4 is 23.2 Å². The molecule has 7 heteroatoms. The highest BCUT2D eigenvalue weighted by Gasteiger charge is 2.30. The van der Waals surface area contributed by atoms with Crippen molar-refractivity contribution in [1.29, 1.82) is 0 Å². The predicted molar refractivity (Wildman–Crippen MR) is 72.5 cm³/mol. The number of aromatic hydroxyl groups is 1. The molecule has 1 amide bonds. The zero-order chi connectivity index (χ0) is 15.6. The van der Waals surface area contributed by atoms with Crippen molar-refractivity contribution in [3.8, 4) is 5.75 Å². The molecule has 0 aliphatic heterocycles. The van der Waals surface area contributed by atoms with E-state index >= 15 is 0 Å². The lowest BCUT2D eigenvalue weighted by Crippen LogP contribution is -2.13. The van der Waals surface area contributed by atoms with Gasteiger partial charge >= 0.3 is 6.18 Å². The van der Waals surface area contributed by atoms with Gasteiger partial charge in [0.1, 0.15) is 5.75 Å². The van der Waals surface area contributed by atoms with Gasteiger partial charge in [-0.2, -0.15) is 13.2 Å². The molecule has 2 rings (SSSR count). The Hall–Kier alpha value is -2.21. The summed E-state index contributed by atoms with van der Waals surface area (Å²) < 4.78 is 37.2. The van der Waals surface area contributed by atoms with E-state index in [-0.39, 0.29) is 17.0 Å². The molecule has 0 saturated carbocycles. The van der Waals surface area contributed by atoms with Gasteiger partial charge in [0.05, 0.1) is 11.3 Å². The van der Waals surface area contributed by atoms with E-state index in [1.54, 1.807) is 0 Å². The Morgan fingerprint density at radius 2 is 1.71 bits per heavy atom. The second kappa shape index (κ2) is 5.65. The van der Waals surface area contributed by atoms with Gasteiger partial charge in [-0.3, -0.25) is 4.79 Å². The van der Waals surface area contributed by atoms with E-state index in [9.17, 15) is 23.1 Å². The molecule has 0 heterocycles. The number of hydrogen-bond acceptors (Lipinski definition) is 2. The lowest BCUT2D eigenvalue weighted by molar-refractivity contribution is -0.137. The van der Waals surface area contributed by atoms with Crippen LogP contribution >= 0.6 is 11.6 Å². The minimum absolute atomic E-state index is 0.0300. The molecule has 0 aliphatic carbocycles. The number of benzene rings is 2. The Morgan fingerprint density at radius 3 is 2.29 bits per heavy atom. The van der Waals surface area contributed by atoms with Crippen molar-refractivity contribution in [2.24, 2.45) is 0 Å². The Balaban J connectivity index is 2.19. The van der Waals surface area contributed by atoms with E-state index in [0.717, 1.165) is 24.3 Å². The summed E-state index contributed by atoms with van der Waals surface area (Å²) in [6, 6.07) is 7.80. The lowest BCUT2D eigenvalue weighted by atomic mass is 10.1. The standard InChI is InChI=1S/C14H9ClF3NO2/c15-10-5-6-12(20)11(7-10)19-13(21)8-1-3-9(4-2-8)14(16,17)18/h1-7,20H,(H,19,21). The van der Waals surface area contributed by atoms with Gasteiger partial charge in [0.25, 0.3) is 5.91 Å². The molecule has 2 aromatic rings. The molecule has 0 aromatic heterocycles. The first-order chi connectivity index (χ1) is 9.77. The molecule has 0 fully saturated rings. The SMILES string of the molecule is O=C(Nc1cc(Cl)ccc1O)c1ccc(C(F)(F)F)cc1. The number of hydrogen-bond donors (Lipinski definition) is 2. The summed E-state index contributed by atoms with van der Waals surface area (Å²) in [7, 11) is 0. The van der Waals surface area contributed by atoms with E-state index in [1.165, 1.54) is 18.2 Å². The van der Waals surface area contributed by atoms with Crippen LogP contribution in [0.25, 0.3) is 0 Å². The number of rotatable bonds is 2. The number of anilines is 1. The lowest BCUT2D eigenvalue weighted by Gasteiger charge is -2.09. The summed E-state index contributed by atoms with van der Waals surface area (Å²) in [5, 5.41) is 12.2. The van der Waals surface area contributed by atoms with Gasteiger partial charge in [0, 0.05) is 10.6 Å². The monoisotopic (exact) mass is 315 g/mol. The molecule has 2 aromatic carbocycles. The highest BCUT2D eigenvalue weighted by atomic mass is 35.5. The van der Waals surface area contributed by atoms with Gasteiger partial charge in [-0.15, -0.1) is 0 Å². The number of phenols is 1. The van der Waals surface area contributed by atoms with Gasteiger partial charge in [-0.25, -0.2) is 0 Å². The van der Waals surface area contributed by atoms with Crippen molar-refractivity contribution in [3.63, 3.8) is 0 Å². The second-order valence-corrected chi connectivity index (χ2v) is 4.63. The second-order valence-electron chi connectivity index (χ2n) is 4.19. The Morgan fingerprint density at radius 1 is 1.10 bits per heavy atom. The fourth-order valence-electron chi connectivity index (χ4n) is 1.61. The fourth-order valence-corrected chi connectivity index (χ4v) is 1.79. The normalized spacial score (nSPS) is 11.2. The van der Waals surface area contributed by atoms with E-state index in [2.05, 4.69) is 5.32 Å². The molecule has 3 nitrogen and oxygen atoms in total. The van der Waals surface area contributed by atoms with Crippen molar-refractivity contribution in [2.75, 3.05) is 5.32 Å². The van der Waals surface area contributed by atoms with Crippen LogP contribution in [0, 0.1) is 0 Å². The van der Waals surface area contributed by atoms with E-state index in [0.29, 0.717) is 5.02 Å². The summed E-state index contributed by atoms with van der Waals surface area (Å²) in [4.78, 5) is 11.9. The first kappa shape index (κ1) is 15.2. The average Bonchev–Trinajstić information content (AvgIpc) is 2.42. The van der Waals surface area contributed by atoms with Gasteiger partial charge in [-0.1, -0.05) is 11.6 Å². The van der Waals surface area contributed by atoms with Crippen molar-refractivity contribution in [2.45, 2.75) is 6.18 Å². The Bertz CT molecular complexity index is 669. The van der Waals surface area contributed by atoms with Crippen LogP contribution < -0.4 is 5.32 Å². The van der Waals surface area contributed by atoms with Crippen LogP contribution in [0.3, 0.4) is 0 Å². The highest BCUT2D eigenvalue weighted by Crippen LogP contribution is 2.30. The average molecular weight is 316 g/mol. The molecule has 2 N–H and O–H groups in total. The number of carbonyl (C=O) groups is 1. The van der Waals surface area contributed by atoms with Crippen LogP contribution in [-0.2, 0) is 6.18 Å². The first-order valence-electron chi connectivity index (χ1n) is 5.74. The molecular weight excluding hydrogens is 307 g/mol. The maximum absolute atomic E-state index is 12.4.